The number of aromatic nitrogens is 2. The minimum Gasteiger partial charge on any atom is -0.497 e. The summed E-state index contributed by atoms with van der Waals surface area (Å²) in [5.74, 6) is -0.000219. The van der Waals surface area contributed by atoms with E-state index in [0.717, 1.165) is 16.9 Å². The van der Waals surface area contributed by atoms with Crippen molar-refractivity contribution >= 4 is 17.6 Å². The van der Waals surface area contributed by atoms with Gasteiger partial charge in [-0.1, -0.05) is 29.4 Å². The third-order valence-corrected chi connectivity index (χ3v) is 5.16. The number of oxime groups is 1. The molecule has 0 saturated heterocycles. The molecule has 1 unspecified atom stereocenters. The summed E-state index contributed by atoms with van der Waals surface area (Å²) in [5, 5.41) is 6.98. The standard InChI is InChI=1S/C24H22N4O5/c1-31-18-5-3-4-15(10-18)13-25-23(29)21-11-19(26-14-27-21)20-12-22(33-28-20)16-6-8-17(9-7-16)24(30)32-2/h3-11,14,22H,12-13H2,1-2H3,(H,25,29). The molecule has 1 aromatic heterocycles. The van der Waals surface area contributed by atoms with Crippen molar-refractivity contribution in [3.8, 4) is 5.75 Å². The largest absolute Gasteiger partial charge is 0.497 e. The molecule has 0 fully saturated rings. The monoisotopic (exact) mass is 446 g/mol. The number of rotatable bonds is 7. The lowest BCUT2D eigenvalue weighted by Crippen LogP contribution is -2.24. The highest BCUT2D eigenvalue weighted by Gasteiger charge is 2.25. The summed E-state index contributed by atoms with van der Waals surface area (Å²) in [6.45, 7) is 0.336. The normalized spacial score (nSPS) is 14.7. The zero-order valence-electron chi connectivity index (χ0n) is 18.1. The molecule has 1 N–H and O–H groups in total. The number of amides is 1. The zero-order valence-corrected chi connectivity index (χ0v) is 18.1. The Labute approximate surface area is 190 Å². The lowest BCUT2D eigenvalue weighted by molar-refractivity contribution is 0.0600. The van der Waals surface area contributed by atoms with E-state index in [1.165, 1.54) is 13.4 Å². The van der Waals surface area contributed by atoms with Gasteiger partial charge in [0.15, 0.2) is 6.10 Å². The highest BCUT2D eigenvalue weighted by molar-refractivity contribution is 6.01. The first-order valence-electron chi connectivity index (χ1n) is 10.2. The van der Waals surface area contributed by atoms with Gasteiger partial charge in [0.2, 0.25) is 0 Å². The van der Waals surface area contributed by atoms with Gasteiger partial charge in [-0.3, -0.25) is 4.79 Å². The molecule has 1 aliphatic rings. The van der Waals surface area contributed by atoms with Crippen LogP contribution >= 0.6 is 0 Å². The summed E-state index contributed by atoms with van der Waals surface area (Å²) in [4.78, 5) is 38.1. The van der Waals surface area contributed by atoms with Crippen LogP contribution in [0.1, 0.15) is 50.2 Å². The van der Waals surface area contributed by atoms with Crippen molar-refractivity contribution in [2.45, 2.75) is 19.1 Å². The highest BCUT2D eigenvalue weighted by Crippen LogP contribution is 2.29. The maximum atomic E-state index is 12.6. The van der Waals surface area contributed by atoms with Crippen LogP contribution in [-0.4, -0.2) is 41.8 Å². The van der Waals surface area contributed by atoms with E-state index in [1.807, 2.05) is 24.3 Å². The van der Waals surface area contributed by atoms with Crippen molar-refractivity contribution in [1.29, 1.82) is 0 Å². The molecule has 0 spiro atoms. The average molecular weight is 446 g/mol. The number of methoxy groups -OCH3 is 2. The maximum absolute atomic E-state index is 12.6. The first-order valence-corrected chi connectivity index (χ1v) is 10.2. The molecule has 9 nitrogen and oxygen atoms in total. The second kappa shape index (κ2) is 9.90. The second-order valence-electron chi connectivity index (χ2n) is 7.27. The molecule has 2 aromatic carbocycles. The number of nitrogens with zero attached hydrogens (tertiary/aromatic N) is 3. The lowest BCUT2D eigenvalue weighted by Gasteiger charge is -2.09. The van der Waals surface area contributed by atoms with Crippen molar-refractivity contribution in [2.24, 2.45) is 5.16 Å². The number of esters is 1. The van der Waals surface area contributed by atoms with Crippen molar-refractivity contribution in [3.63, 3.8) is 0 Å². The summed E-state index contributed by atoms with van der Waals surface area (Å²) in [5.41, 5.74) is 3.60. The van der Waals surface area contributed by atoms with E-state index in [9.17, 15) is 9.59 Å². The number of hydrogen-bond donors (Lipinski definition) is 1. The highest BCUT2D eigenvalue weighted by atomic mass is 16.6. The molecule has 33 heavy (non-hydrogen) atoms. The van der Waals surface area contributed by atoms with E-state index in [-0.39, 0.29) is 17.7 Å². The molecular weight excluding hydrogens is 424 g/mol. The molecule has 0 saturated carbocycles. The minimum absolute atomic E-state index is 0.233. The topological polar surface area (TPSA) is 112 Å². The fourth-order valence-electron chi connectivity index (χ4n) is 3.35. The molecule has 1 aliphatic heterocycles. The summed E-state index contributed by atoms with van der Waals surface area (Å²) in [6, 6.07) is 16.0. The van der Waals surface area contributed by atoms with Gasteiger partial charge in [-0.15, -0.1) is 0 Å². The SMILES string of the molecule is COC(=O)c1ccc(C2CC(c3cc(C(=O)NCc4cccc(OC)c4)ncn3)=NO2)cc1. The van der Waals surface area contributed by atoms with E-state index in [1.54, 1.807) is 37.4 Å². The number of carbonyl (C=O) groups is 2. The molecule has 1 atom stereocenters. The molecule has 0 aliphatic carbocycles. The van der Waals surface area contributed by atoms with Crippen molar-refractivity contribution in [3.05, 3.63) is 89.0 Å². The smallest absolute Gasteiger partial charge is 0.337 e. The van der Waals surface area contributed by atoms with Crippen molar-refractivity contribution in [2.75, 3.05) is 14.2 Å². The molecule has 168 valence electrons. The van der Waals surface area contributed by atoms with Crippen LogP contribution in [0.5, 0.6) is 5.75 Å². The third kappa shape index (κ3) is 5.15. The Balaban J connectivity index is 1.39. The van der Waals surface area contributed by atoms with Gasteiger partial charge in [-0.2, -0.15) is 0 Å². The van der Waals surface area contributed by atoms with E-state index < -0.39 is 5.97 Å². The molecule has 3 aromatic rings. The predicted molar refractivity (Wildman–Crippen MR) is 119 cm³/mol. The van der Waals surface area contributed by atoms with Crippen LogP contribution in [0.4, 0.5) is 0 Å². The molecule has 2 heterocycles. The first-order chi connectivity index (χ1) is 16.1. The molecule has 0 bridgehead atoms. The average Bonchev–Trinajstić information content (AvgIpc) is 3.37. The van der Waals surface area contributed by atoms with E-state index in [2.05, 4.69) is 20.4 Å². The van der Waals surface area contributed by atoms with Crippen LogP contribution in [-0.2, 0) is 16.1 Å². The molecule has 0 radical (unpaired) electrons. The Kier molecular flexibility index (Phi) is 6.58. The second-order valence-corrected chi connectivity index (χ2v) is 7.27. The fourth-order valence-corrected chi connectivity index (χ4v) is 3.35. The van der Waals surface area contributed by atoms with Crippen LogP contribution < -0.4 is 10.1 Å². The van der Waals surface area contributed by atoms with Gasteiger partial charge in [0, 0.05) is 13.0 Å². The van der Waals surface area contributed by atoms with Gasteiger partial charge in [0.25, 0.3) is 5.91 Å². The first kappa shape index (κ1) is 21.9. The Morgan fingerprint density at radius 1 is 1.09 bits per heavy atom. The predicted octanol–water partition coefficient (Wildman–Crippen LogP) is 3.07. The van der Waals surface area contributed by atoms with Crippen LogP contribution in [0, 0.1) is 0 Å². The van der Waals surface area contributed by atoms with Gasteiger partial charge < -0.3 is 19.6 Å². The van der Waals surface area contributed by atoms with Crippen LogP contribution in [0.25, 0.3) is 0 Å². The van der Waals surface area contributed by atoms with Gasteiger partial charge in [-0.25, -0.2) is 14.8 Å². The quantitative estimate of drug-likeness (QED) is 0.555. The number of nitrogens with one attached hydrogen (secondary N) is 1. The zero-order chi connectivity index (χ0) is 23.2. The number of carbonyl (C=O) groups excluding carboxylic acids is 2. The molecule has 1 amide bonds. The molecule has 4 rings (SSSR count). The molecule has 9 heteroatoms. The van der Waals surface area contributed by atoms with Gasteiger partial charge >= 0.3 is 5.97 Å². The Hall–Kier alpha value is -4.27. The summed E-state index contributed by atoms with van der Waals surface area (Å²) >= 11 is 0. The van der Waals surface area contributed by atoms with Crippen molar-refractivity contribution < 1.29 is 23.9 Å². The fraction of sp³-hybridized carbons (Fsp3) is 0.208. The number of hydrogen-bond acceptors (Lipinski definition) is 8. The van der Waals surface area contributed by atoms with Crippen LogP contribution in [0.3, 0.4) is 0 Å². The third-order valence-electron chi connectivity index (χ3n) is 5.16. The Bertz CT molecular complexity index is 1190. The Morgan fingerprint density at radius 3 is 2.67 bits per heavy atom. The van der Waals surface area contributed by atoms with Crippen molar-refractivity contribution in [1.82, 2.24) is 15.3 Å². The minimum atomic E-state index is -0.399. The van der Waals surface area contributed by atoms with Gasteiger partial charge in [-0.05, 0) is 41.5 Å². The summed E-state index contributed by atoms with van der Waals surface area (Å²) < 4.78 is 9.92. The Morgan fingerprint density at radius 2 is 1.91 bits per heavy atom. The van der Waals surface area contributed by atoms with E-state index >= 15 is 0 Å². The van der Waals surface area contributed by atoms with Crippen LogP contribution in [0.2, 0.25) is 0 Å². The van der Waals surface area contributed by atoms with Crippen LogP contribution in [0.15, 0.2) is 66.1 Å². The summed E-state index contributed by atoms with van der Waals surface area (Å²) in [6.07, 6.45) is 1.49. The van der Waals surface area contributed by atoms with Gasteiger partial charge in [0.05, 0.1) is 25.5 Å². The number of ether oxygens (including phenoxy) is 2. The van der Waals surface area contributed by atoms with E-state index in [0.29, 0.717) is 29.9 Å². The maximum Gasteiger partial charge on any atom is 0.337 e. The van der Waals surface area contributed by atoms with E-state index in [4.69, 9.17) is 14.3 Å². The number of benzene rings is 2. The summed E-state index contributed by atoms with van der Waals surface area (Å²) in [7, 11) is 2.93. The molecular formula is C24H22N4O5. The van der Waals surface area contributed by atoms with Gasteiger partial charge in [0.1, 0.15) is 23.5 Å². The lowest BCUT2D eigenvalue weighted by atomic mass is 10.0.